The van der Waals surface area contributed by atoms with E-state index in [9.17, 15) is 4.79 Å². The molecule has 0 heterocycles. The van der Waals surface area contributed by atoms with Crippen LogP contribution in [0.2, 0.25) is 0 Å². The Balaban J connectivity index is 1.97. The number of carbonyl (C=O) groups excluding carboxylic acids is 1. The fraction of sp³-hybridized carbons (Fsp3) is 0.929. The predicted molar refractivity (Wildman–Crippen MR) is 78.7 cm³/mol. The highest BCUT2D eigenvalue weighted by Gasteiger charge is 2.39. The van der Waals surface area contributed by atoms with E-state index < -0.39 is 9.76 Å². The van der Waals surface area contributed by atoms with Crippen molar-refractivity contribution in [3.63, 3.8) is 0 Å². The van der Waals surface area contributed by atoms with E-state index in [1.807, 2.05) is 0 Å². The average molecular weight is 328 g/mol. The van der Waals surface area contributed by atoms with Gasteiger partial charge in [0.15, 0.2) is 0 Å². The number of rotatable bonds is 2. The number of esters is 1. The van der Waals surface area contributed by atoms with Gasteiger partial charge >= 0.3 is 5.97 Å². The van der Waals surface area contributed by atoms with Crippen LogP contribution >= 0.6 is 34.8 Å². The summed E-state index contributed by atoms with van der Waals surface area (Å²) in [6, 6.07) is 0. The third-order valence-electron chi connectivity index (χ3n) is 4.50. The summed E-state index contributed by atoms with van der Waals surface area (Å²) in [7, 11) is 0. The van der Waals surface area contributed by atoms with E-state index in [4.69, 9.17) is 39.5 Å². The monoisotopic (exact) mass is 326 g/mol. The molecule has 0 bridgehead atoms. The molecular weight excluding hydrogens is 307 g/mol. The maximum atomic E-state index is 11.7. The lowest BCUT2D eigenvalue weighted by Gasteiger charge is -2.38. The second kappa shape index (κ2) is 6.87. The van der Waals surface area contributed by atoms with Gasteiger partial charge in [0.2, 0.25) is 0 Å². The van der Waals surface area contributed by atoms with Crippen molar-refractivity contribution in [2.45, 2.75) is 67.7 Å². The molecule has 0 amide bonds. The lowest BCUT2D eigenvalue weighted by atomic mass is 9.72. The molecule has 0 aliphatic heterocycles. The maximum absolute atomic E-state index is 11.7. The van der Waals surface area contributed by atoms with Crippen molar-refractivity contribution in [1.29, 1.82) is 0 Å². The van der Waals surface area contributed by atoms with Gasteiger partial charge in [-0.05, 0) is 31.1 Å². The highest BCUT2D eigenvalue weighted by Crippen LogP contribution is 2.40. The van der Waals surface area contributed by atoms with E-state index in [2.05, 4.69) is 0 Å². The summed E-state index contributed by atoms with van der Waals surface area (Å²) in [5.41, 5.74) is 0. The molecule has 2 saturated carbocycles. The molecule has 2 rings (SSSR count). The van der Waals surface area contributed by atoms with Gasteiger partial charge in [0.25, 0.3) is 3.79 Å². The summed E-state index contributed by atoms with van der Waals surface area (Å²) >= 11 is 16.8. The molecule has 0 aromatic heterocycles. The molecule has 0 saturated heterocycles. The van der Waals surface area contributed by atoms with Crippen LogP contribution in [0.15, 0.2) is 0 Å². The second-order valence-electron chi connectivity index (χ2n) is 5.79. The Hall–Kier alpha value is 0.340. The first kappa shape index (κ1) is 15.7. The molecule has 2 aliphatic carbocycles. The molecule has 110 valence electrons. The van der Waals surface area contributed by atoms with Gasteiger partial charge in [-0.25, -0.2) is 4.79 Å². The molecule has 0 aromatic carbocycles. The molecule has 0 N–H and O–H groups in total. The number of alkyl halides is 3. The van der Waals surface area contributed by atoms with Crippen LogP contribution in [0.3, 0.4) is 0 Å². The predicted octanol–water partition coefficient (Wildman–Crippen LogP) is 5.04. The van der Waals surface area contributed by atoms with Crippen LogP contribution in [0, 0.1) is 11.8 Å². The number of halogens is 3. The largest absolute Gasteiger partial charge is 0.459 e. The third kappa shape index (κ3) is 4.41. The molecule has 0 spiro atoms. The molecule has 5 heteroatoms. The Morgan fingerprint density at radius 3 is 2.11 bits per heavy atom. The van der Waals surface area contributed by atoms with Crippen LogP contribution in [0.5, 0.6) is 0 Å². The van der Waals surface area contributed by atoms with Gasteiger partial charge in [-0.2, -0.15) is 0 Å². The minimum Gasteiger partial charge on any atom is -0.459 e. The zero-order valence-electron chi connectivity index (χ0n) is 11.0. The highest BCUT2D eigenvalue weighted by atomic mass is 35.6. The van der Waals surface area contributed by atoms with E-state index >= 15 is 0 Å². The molecule has 2 nitrogen and oxygen atoms in total. The van der Waals surface area contributed by atoms with Gasteiger partial charge in [0, 0.05) is 0 Å². The Kier molecular flexibility index (Phi) is 5.68. The maximum Gasteiger partial charge on any atom is 0.358 e. The molecule has 0 aromatic rings. The lowest BCUT2D eigenvalue weighted by molar-refractivity contribution is -0.154. The molecule has 19 heavy (non-hydrogen) atoms. The van der Waals surface area contributed by atoms with Gasteiger partial charge in [0.05, 0.1) is 0 Å². The van der Waals surface area contributed by atoms with Crippen molar-refractivity contribution in [2.75, 3.05) is 0 Å². The number of ether oxygens (including phenoxy) is 1. The number of carbonyl (C=O) groups is 1. The van der Waals surface area contributed by atoms with Crippen molar-refractivity contribution in [3.05, 3.63) is 0 Å². The third-order valence-corrected chi connectivity index (χ3v) is 4.96. The first-order valence-electron chi connectivity index (χ1n) is 7.26. The molecule has 0 radical (unpaired) electrons. The van der Waals surface area contributed by atoms with Gasteiger partial charge in [-0.3, -0.25) is 0 Å². The minimum absolute atomic E-state index is 0.0556. The Morgan fingerprint density at radius 2 is 1.47 bits per heavy atom. The van der Waals surface area contributed by atoms with Gasteiger partial charge in [-0.1, -0.05) is 73.3 Å². The van der Waals surface area contributed by atoms with E-state index in [0.29, 0.717) is 11.8 Å². The van der Waals surface area contributed by atoms with E-state index in [-0.39, 0.29) is 6.10 Å². The van der Waals surface area contributed by atoms with E-state index in [1.54, 1.807) is 0 Å². The Morgan fingerprint density at radius 1 is 0.895 bits per heavy atom. The molecule has 2 fully saturated rings. The van der Waals surface area contributed by atoms with Crippen LogP contribution in [0.1, 0.15) is 57.8 Å². The summed E-state index contributed by atoms with van der Waals surface area (Å²) in [4.78, 5) is 11.7. The standard InChI is InChI=1S/C14H21Cl3O2/c15-14(16,17)13(18)19-12-9-5-4-8-11(12)10-6-2-1-3-7-10/h10-12H,1-9H2/t11-,12+/m1/s1. The molecule has 2 aliphatic rings. The Bertz CT molecular complexity index is 308. The van der Waals surface area contributed by atoms with Crippen molar-refractivity contribution in [3.8, 4) is 0 Å². The van der Waals surface area contributed by atoms with Gasteiger partial charge < -0.3 is 4.74 Å². The van der Waals surface area contributed by atoms with Gasteiger partial charge in [0.1, 0.15) is 6.10 Å². The first-order valence-corrected chi connectivity index (χ1v) is 8.39. The van der Waals surface area contributed by atoms with Crippen molar-refractivity contribution < 1.29 is 9.53 Å². The normalized spacial score (nSPS) is 30.1. The summed E-state index contributed by atoms with van der Waals surface area (Å²) in [6.45, 7) is 0. The number of hydrogen-bond donors (Lipinski definition) is 0. The smallest absolute Gasteiger partial charge is 0.358 e. The van der Waals surface area contributed by atoms with E-state index in [1.165, 1.54) is 38.5 Å². The van der Waals surface area contributed by atoms with E-state index in [0.717, 1.165) is 19.3 Å². The topological polar surface area (TPSA) is 26.3 Å². The summed E-state index contributed by atoms with van der Waals surface area (Å²) in [5, 5.41) is 0. The summed E-state index contributed by atoms with van der Waals surface area (Å²) in [5.74, 6) is 0.429. The zero-order valence-corrected chi connectivity index (χ0v) is 13.3. The average Bonchev–Trinajstić information content (AvgIpc) is 2.39. The van der Waals surface area contributed by atoms with Gasteiger partial charge in [-0.15, -0.1) is 0 Å². The summed E-state index contributed by atoms with van der Waals surface area (Å²) < 4.78 is 3.54. The minimum atomic E-state index is -1.95. The molecule has 2 atom stereocenters. The van der Waals surface area contributed by atoms with Crippen LogP contribution in [0.25, 0.3) is 0 Å². The highest BCUT2D eigenvalue weighted by molar-refractivity contribution is 6.75. The Labute approximate surface area is 130 Å². The van der Waals surface area contributed by atoms with Crippen LogP contribution < -0.4 is 0 Å². The van der Waals surface area contributed by atoms with Crippen molar-refractivity contribution in [2.24, 2.45) is 11.8 Å². The molecular formula is C14H21Cl3O2. The van der Waals surface area contributed by atoms with Crippen LogP contribution in [-0.4, -0.2) is 15.9 Å². The fourth-order valence-electron chi connectivity index (χ4n) is 3.58. The number of hydrogen-bond acceptors (Lipinski definition) is 2. The van der Waals surface area contributed by atoms with Crippen LogP contribution in [-0.2, 0) is 9.53 Å². The quantitative estimate of drug-likeness (QED) is 0.524. The van der Waals surface area contributed by atoms with Crippen LogP contribution in [0.4, 0.5) is 0 Å². The fourth-order valence-corrected chi connectivity index (χ4v) is 3.71. The lowest BCUT2D eigenvalue weighted by Crippen LogP contribution is -2.38. The van der Waals surface area contributed by atoms with Crippen molar-refractivity contribution in [1.82, 2.24) is 0 Å². The van der Waals surface area contributed by atoms with Crippen molar-refractivity contribution >= 4 is 40.8 Å². The zero-order chi connectivity index (χ0) is 13.9. The SMILES string of the molecule is O=C(O[C@H]1CCCC[C@@H]1C1CCCCC1)C(Cl)(Cl)Cl. The molecule has 0 unspecified atom stereocenters. The first-order chi connectivity index (χ1) is 8.98. The summed E-state index contributed by atoms with van der Waals surface area (Å²) in [6.07, 6.45) is 10.8. The second-order valence-corrected chi connectivity index (χ2v) is 8.07.